The molecule has 0 N–H and O–H groups in total. The Morgan fingerprint density at radius 2 is 1.88 bits per heavy atom. The molecule has 1 amide bonds. The summed E-state index contributed by atoms with van der Waals surface area (Å²) >= 11 is 0. The Kier molecular flexibility index (Phi) is 7.60. The van der Waals surface area contributed by atoms with Gasteiger partial charge >= 0.3 is 5.97 Å². The lowest BCUT2D eigenvalue weighted by Gasteiger charge is -2.17. The first-order chi connectivity index (χ1) is 7.47. The molecule has 0 unspecified atom stereocenters. The fourth-order valence-corrected chi connectivity index (χ4v) is 1.22. The van der Waals surface area contributed by atoms with E-state index < -0.39 is 0 Å². The highest BCUT2D eigenvalue weighted by molar-refractivity contribution is 5.77. The molecule has 0 aromatic carbocycles. The van der Waals surface area contributed by atoms with Crippen LogP contribution >= 0.6 is 0 Å². The molecule has 0 aliphatic carbocycles. The molecule has 0 saturated heterocycles. The van der Waals surface area contributed by atoms with Crippen molar-refractivity contribution in [2.45, 2.75) is 40.0 Å². The van der Waals surface area contributed by atoms with Crippen molar-refractivity contribution in [3.8, 4) is 0 Å². The summed E-state index contributed by atoms with van der Waals surface area (Å²) in [5.41, 5.74) is 0. The van der Waals surface area contributed by atoms with Gasteiger partial charge in [-0.3, -0.25) is 9.59 Å². The standard InChI is InChI=1S/C12H23NO3/c1-5-16-12(15)8-9-13(4)11(14)7-6-10(2)3/h10H,5-9H2,1-4H3. The van der Waals surface area contributed by atoms with Gasteiger partial charge in [0.2, 0.25) is 5.91 Å². The summed E-state index contributed by atoms with van der Waals surface area (Å²) in [5.74, 6) is 0.381. The van der Waals surface area contributed by atoms with Crippen LogP contribution in [0.2, 0.25) is 0 Å². The molecule has 0 atom stereocenters. The molecule has 4 heteroatoms. The number of hydrogen-bond donors (Lipinski definition) is 0. The SMILES string of the molecule is CCOC(=O)CCN(C)C(=O)CCC(C)C. The van der Waals surface area contributed by atoms with E-state index in [0.717, 1.165) is 6.42 Å². The van der Waals surface area contributed by atoms with Crippen LogP contribution in [0, 0.1) is 5.92 Å². The van der Waals surface area contributed by atoms with Crippen LogP contribution < -0.4 is 0 Å². The number of hydrogen-bond acceptors (Lipinski definition) is 3. The number of amides is 1. The minimum atomic E-state index is -0.244. The molecule has 0 aromatic heterocycles. The van der Waals surface area contributed by atoms with E-state index in [0.29, 0.717) is 25.5 Å². The van der Waals surface area contributed by atoms with Crippen LogP contribution in [-0.4, -0.2) is 37.0 Å². The minimum absolute atomic E-state index is 0.0954. The fourth-order valence-electron chi connectivity index (χ4n) is 1.22. The molecule has 0 aliphatic rings. The molecule has 0 spiro atoms. The van der Waals surface area contributed by atoms with Crippen LogP contribution in [0.5, 0.6) is 0 Å². The van der Waals surface area contributed by atoms with Gasteiger partial charge < -0.3 is 9.64 Å². The molecule has 0 fully saturated rings. The van der Waals surface area contributed by atoms with Crippen molar-refractivity contribution in [3.05, 3.63) is 0 Å². The molecular weight excluding hydrogens is 206 g/mol. The smallest absolute Gasteiger partial charge is 0.307 e. The third kappa shape index (κ3) is 7.26. The van der Waals surface area contributed by atoms with E-state index in [1.807, 2.05) is 0 Å². The summed E-state index contributed by atoms with van der Waals surface area (Å²) in [5, 5.41) is 0. The Bertz CT molecular complexity index is 226. The van der Waals surface area contributed by atoms with Crippen LogP contribution in [0.4, 0.5) is 0 Å². The zero-order valence-electron chi connectivity index (χ0n) is 10.8. The van der Waals surface area contributed by atoms with Crippen LogP contribution in [0.15, 0.2) is 0 Å². The van der Waals surface area contributed by atoms with Gasteiger partial charge in [0.25, 0.3) is 0 Å². The van der Waals surface area contributed by atoms with Crippen molar-refractivity contribution < 1.29 is 14.3 Å². The Balaban J connectivity index is 3.74. The van der Waals surface area contributed by atoms with E-state index in [1.165, 1.54) is 0 Å². The molecule has 0 aromatic rings. The zero-order chi connectivity index (χ0) is 12.6. The van der Waals surface area contributed by atoms with Gasteiger partial charge in [-0.1, -0.05) is 13.8 Å². The van der Waals surface area contributed by atoms with E-state index >= 15 is 0 Å². The second kappa shape index (κ2) is 8.13. The van der Waals surface area contributed by atoms with Crippen LogP contribution in [-0.2, 0) is 14.3 Å². The Morgan fingerprint density at radius 3 is 2.38 bits per heavy atom. The van der Waals surface area contributed by atoms with Gasteiger partial charge in [0.1, 0.15) is 0 Å². The average Bonchev–Trinajstić information content (AvgIpc) is 2.22. The minimum Gasteiger partial charge on any atom is -0.466 e. The summed E-state index contributed by atoms with van der Waals surface area (Å²) in [7, 11) is 1.72. The second-order valence-electron chi connectivity index (χ2n) is 4.30. The van der Waals surface area contributed by atoms with Crippen LogP contribution in [0.1, 0.15) is 40.0 Å². The van der Waals surface area contributed by atoms with Crippen LogP contribution in [0.3, 0.4) is 0 Å². The normalized spacial score (nSPS) is 10.3. The number of esters is 1. The zero-order valence-corrected chi connectivity index (χ0v) is 10.8. The largest absolute Gasteiger partial charge is 0.466 e. The Labute approximate surface area is 98.0 Å². The first-order valence-corrected chi connectivity index (χ1v) is 5.87. The van der Waals surface area contributed by atoms with E-state index in [1.54, 1.807) is 18.9 Å². The lowest BCUT2D eigenvalue weighted by atomic mass is 10.1. The highest BCUT2D eigenvalue weighted by Gasteiger charge is 2.11. The van der Waals surface area contributed by atoms with Gasteiger partial charge in [-0.05, 0) is 19.3 Å². The van der Waals surface area contributed by atoms with E-state index in [9.17, 15) is 9.59 Å². The molecule has 0 heterocycles. The van der Waals surface area contributed by atoms with Gasteiger partial charge in [0.05, 0.1) is 13.0 Å². The maximum atomic E-state index is 11.6. The second-order valence-corrected chi connectivity index (χ2v) is 4.30. The molecule has 4 nitrogen and oxygen atoms in total. The van der Waals surface area contributed by atoms with Crippen molar-refractivity contribution in [1.82, 2.24) is 4.90 Å². The molecule has 0 rings (SSSR count). The van der Waals surface area contributed by atoms with Gasteiger partial charge in [-0.25, -0.2) is 0 Å². The maximum Gasteiger partial charge on any atom is 0.307 e. The first-order valence-electron chi connectivity index (χ1n) is 5.87. The lowest BCUT2D eigenvalue weighted by molar-refractivity contribution is -0.143. The number of carbonyl (C=O) groups is 2. The molecule has 0 aliphatic heterocycles. The Morgan fingerprint density at radius 1 is 1.25 bits per heavy atom. The van der Waals surface area contributed by atoms with Crippen molar-refractivity contribution in [1.29, 1.82) is 0 Å². The highest BCUT2D eigenvalue weighted by Crippen LogP contribution is 2.05. The Hall–Kier alpha value is -1.06. The quantitative estimate of drug-likeness (QED) is 0.626. The number of ether oxygens (including phenoxy) is 1. The first kappa shape index (κ1) is 14.9. The topological polar surface area (TPSA) is 46.6 Å². The van der Waals surface area contributed by atoms with Gasteiger partial charge in [0.15, 0.2) is 0 Å². The summed E-state index contributed by atoms with van der Waals surface area (Å²) in [6, 6.07) is 0. The molecule has 0 bridgehead atoms. The van der Waals surface area contributed by atoms with Crippen molar-refractivity contribution in [2.24, 2.45) is 5.92 Å². The van der Waals surface area contributed by atoms with E-state index in [4.69, 9.17) is 4.74 Å². The summed E-state index contributed by atoms with van der Waals surface area (Å²) in [6.07, 6.45) is 1.72. The van der Waals surface area contributed by atoms with Crippen molar-refractivity contribution in [3.63, 3.8) is 0 Å². The van der Waals surface area contributed by atoms with E-state index in [2.05, 4.69) is 13.8 Å². The predicted molar refractivity (Wildman–Crippen MR) is 63.0 cm³/mol. The number of rotatable bonds is 7. The number of carbonyl (C=O) groups excluding carboxylic acids is 2. The average molecular weight is 229 g/mol. The molecule has 16 heavy (non-hydrogen) atoms. The molecule has 94 valence electrons. The predicted octanol–water partition coefficient (Wildman–Crippen LogP) is 1.83. The van der Waals surface area contributed by atoms with Gasteiger partial charge in [0, 0.05) is 20.0 Å². The number of nitrogens with zero attached hydrogens (tertiary/aromatic N) is 1. The lowest BCUT2D eigenvalue weighted by Crippen LogP contribution is -2.29. The maximum absolute atomic E-state index is 11.6. The van der Waals surface area contributed by atoms with Crippen molar-refractivity contribution >= 4 is 11.9 Å². The van der Waals surface area contributed by atoms with E-state index in [-0.39, 0.29) is 18.3 Å². The van der Waals surface area contributed by atoms with Gasteiger partial charge in [-0.2, -0.15) is 0 Å². The monoisotopic (exact) mass is 229 g/mol. The molecule has 0 radical (unpaired) electrons. The third-order valence-corrected chi connectivity index (χ3v) is 2.32. The summed E-state index contributed by atoms with van der Waals surface area (Å²) in [6.45, 7) is 6.78. The highest BCUT2D eigenvalue weighted by atomic mass is 16.5. The summed E-state index contributed by atoms with van der Waals surface area (Å²) < 4.78 is 4.79. The molecular formula is C12H23NO3. The van der Waals surface area contributed by atoms with Crippen LogP contribution in [0.25, 0.3) is 0 Å². The fraction of sp³-hybridized carbons (Fsp3) is 0.833. The summed E-state index contributed by atoms with van der Waals surface area (Å²) in [4.78, 5) is 24.3. The molecule has 0 saturated carbocycles. The third-order valence-electron chi connectivity index (χ3n) is 2.32. The van der Waals surface area contributed by atoms with Gasteiger partial charge in [-0.15, -0.1) is 0 Å². The van der Waals surface area contributed by atoms with Crippen molar-refractivity contribution in [2.75, 3.05) is 20.2 Å².